The first-order chi connectivity index (χ1) is 6.17. The summed E-state index contributed by atoms with van der Waals surface area (Å²) in [6.07, 6.45) is 7.58. The molecule has 0 heterocycles. The minimum atomic E-state index is -3.24. The van der Waals surface area contributed by atoms with E-state index < -0.39 is 15.1 Å². The zero-order chi connectivity index (χ0) is 9.90. The van der Waals surface area contributed by atoms with Crippen LogP contribution in [0.4, 0.5) is 0 Å². The number of carbonyl (C=O) groups excluding carboxylic acids is 2. The second-order valence-electron chi connectivity index (χ2n) is 3.16. The molecule has 1 aliphatic carbocycles. The van der Waals surface area contributed by atoms with Gasteiger partial charge >= 0.3 is 80.0 Å². The molecule has 0 spiro atoms. The van der Waals surface area contributed by atoms with Crippen LogP contribution in [0.15, 0.2) is 24.3 Å². The minimum absolute atomic E-state index is 0.0118. The monoisotopic (exact) mass is 262 g/mol. The van der Waals surface area contributed by atoms with E-state index in [-0.39, 0.29) is 8.62 Å². The average molecular weight is 260 g/mol. The molecule has 1 rings (SSSR count). The quantitative estimate of drug-likeness (QED) is 0.712. The Morgan fingerprint density at radius 1 is 1.15 bits per heavy atom. The maximum absolute atomic E-state index is 10.9. The molecule has 3 heteroatoms. The Morgan fingerprint density at radius 2 is 1.62 bits per heavy atom. The van der Waals surface area contributed by atoms with E-state index in [4.69, 9.17) is 0 Å². The zero-order valence-electron chi connectivity index (χ0n) is 7.69. The maximum atomic E-state index is 10.9. The van der Waals surface area contributed by atoms with Crippen molar-refractivity contribution in [2.75, 3.05) is 0 Å². The Balaban J connectivity index is 3.39. The molecule has 70 valence electrons. The van der Waals surface area contributed by atoms with Crippen molar-refractivity contribution >= 4 is 8.53 Å². The molecule has 0 aromatic carbocycles. The summed E-state index contributed by atoms with van der Waals surface area (Å²) < 4.78 is 4.16. The van der Waals surface area contributed by atoms with Crippen LogP contribution in [0, 0.1) is 0 Å². The van der Waals surface area contributed by atoms with Gasteiger partial charge in [-0.25, -0.2) is 0 Å². The number of rotatable bonds is 2. The van der Waals surface area contributed by atoms with Crippen LogP contribution in [0.25, 0.3) is 0 Å². The molecule has 0 aromatic rings. The molecule has 0 unspecified atom stereocenters. The van der Waals surface area contributed by atoms with Gasteiger partial charge in [-0.1, -0.05) is 0 Å². The summed E-state index contributed by atoms with van der Waals surface area (Å²) in [5.74, 6) is 0. The molecule has 0 fully saturated rings. The summed E-state index contributed by atoms with van der Waals surface area (Å²) in [5.41, 5.74) is 0. The summed E-state index contributed by atoms with van der Waals surface area (Å²) in [4.78, 5) is 21.8. The molecule has 0 aliphatic heterocycles. The van der Waals surface area contributed by atoms with Crippen LogP contribution < -0.4 is 0 Å². The van der Waals surface area contributed by atoms with Crippen molar-refractivity contribution in [2.45, 2.75) is 22.5 Å². The fourth-order valence-corrected chi connectivity index (χ4v) is 6.08. The molecule has 0 aromatic heterocycles. The van der Waals surface area contributed by atoms with Gasteiger partial charge in [0, 0.05) is 0 Å². The predicted octanol–water partition coefficient (Wildman–Crippen LogP) is 2.02. The first-order valence-electron chi connectivity index (χ1n) is 4.11. The van der Waals surface area contributed by atoms with Crippen LogP contribution in [-0.2, 0) is 24.7 Å². The van der Waals surface area contributed by atoms with Crippen LogP contribution in [-0.4, -0.2) is 8.53 Å². The van der Waals surface area contributed by atoms with Gasteiger partial charge in [-0.15, -0.1) is 0 Å². The van der Waals surface area contributed by atoms with Crippen molar-refractivity contribution in [1.82, 2.24) is 0 Å². The summed E-state index contributed by atoms with van der Waals surface area (Å²) in [5, 5.41) is 0. The third kappa shape index (κ3) is 1.67. The Bertz CT molecular complexity index is 378. The third-order valence-corrected chi connectivity index (χ3v) is 10.1. The SMILES string of the molecule is C[CH](C)[Mo](=[C]=O)(=[C]=O)[CH]1C=CC=C1. The van der Waals surface area contributed by atoms with E-state index in [2.05, 4.69) is 0 Å². The van der Waals surface area contributed by atoms with Crippen molar-refractivity contribution < 1.29 is 24.7 Å². The van der Waals surface area contributed by atoms with Crippen molar-refractivity contribution in [1.29, 1.82) is 0 Å². The van der Waals surface area contributed by atoms with E-state index in [0.717, 1.165) is 0 Å². The van der Waals surface area contributed by atoms with Gasteiger partial charge in [-0.2, -0.15) is 0 Å². The number of allylic oxidation sites excluding steroid dienone is 4. The van der Waals surface area contributed by atoms with Crippen LogP contribution in [0.5, 0.6) is 0 Å². The molecule has 0 bridgehead atoms. The van der Waals surface area contributed by atoms with Gasteiger partial charge in [-0.3, -0.25) is 0 Å². The van der Waals surface area contributed by atoms with Crippen molar-refractivity contribution in [3.8, 4) is 0 Å². The first kappa shape index (κ1) is 10.4. The molecule has 0 radical (unpaired) electrons. The topological polar surface area (TPSA) is 34.1 Å². The molecule has 0 amide bonds. The van der Waals surface area contributed by atoms with E-state index in [0.29, 0.717) is 0 Å². The number of hydrogen-bond acceptors (Lipinski definition) is 2. The van der Waals surface area contributed by atoms with Gasteiger partial charge in [0.15, 0.2) is 0 Å². The fraction of sp³-hybridized carbons (Fsp3) is 0.400. The second kappa shape index (κ2) is 4.02. The molecular formula is C10H12MoO2. The standard InChI is InChI=1S/C5H5.C3H7.2CO.Mo/c1-2-4-5-3-1;1-3-2;2*1-2;/h1-5H;3H,1-2H3;;;. The Hall–Kier alpha value is -0.672. The second-order valence-corrected chi connectivity index (χ2v) is 11.1. The van der Waals surface area contributed by atoms with E-state index in [1.54, 1.807) is 0 Å². The van der Waals surface area contributed by atoms with Crippen molar-refractivity contribution in [3.05, 3.63) is 24.3 Å². The zero-order valence-corrected chi connectivity index (χ0v) is 9.70. The molecule has 0 saturated carbocycles. The van der Waals surface area contributed by atoms with E-state index in [1.165, 1.54) is 0 Å². The Kier molecular flexibility index (Phi) is 3.22. The predicted molar refractivity (Wildman–Crippen MR) is 48.5 cm³/mol. The summed E-state index contributed by atoms with van der Waals surface area (Å²) in [7, 11) is 0. The van der Waals surface area contributed by atoms with Gasteiger partial charge in [0.25, 0.3) is 0 Å². The van der Waals surface area contributed by atoms with Crippen LogP contribution >= 0.6 is 0 Å². The van der Waals surface area contributed by atoms with Gasteiger partial charge in [0.1, 0.15) is 0 Å². The van der Waals surface area contributed by atoms with Crippen molar-refractivity contribution in [3.63, 3.8) is 0 Å². The third-order valence-electron chi connectivity index (χ3n) is 2.16. The van der Waals surface area contributed by atoms with Gasteiger partial charge in [-0.05, 0) is 0 Å². The van der Waals surface area contributed by atoms with Gasteiger partial charge < -0.3 is 0 Å². The van der Waals surface area contributed by atoms with Crippen LogP contribution in [0.2, 0.25) is 8.62 Å². The van der Waals surface area contributed by atoms with Crippen LogP contribution in [0.3, 0.4) is 0 Å². The van der Waals surface area contributed by atoms with Crippen molar-refractivity contribution in [2.24, 2.45) is 0 Å². The normalized spacial score (nSPS) is 16.2. The molecule has 1 aliphatic rings. The molecular weight excluding hydrogens is 248 g/mol. The van der Waals surface area contributed by atoms with E-state index in [9.17, 15) is 9.59 Å². The molecule has 2 nitrogen and oxygen atoms in total. The Morgan fingerprint density at radius 3 is 1.92 bits per heavy atom. The van der Waals surface area contributed by atoms with Gasteiger partial charge in [0.2, 0.25) is 0 Å². The summed E-state index contributed by atoms with van der Waals surface area (Å²) in [6.45, 7) is 3.83. The van der Waals surface area contributed by atoms with Crippen LogP contribution in [0.1, 0.15) is 13.8 Å². The molecule has 13 heavy (non-hydrogen) atoms. The molecule has 0 saturated heterocycles. The Labute approximate surface area is 80.2 Å². The summed E-state index contributed by atoms with van der Waals surface area (Å²) >= 11 is -3.24. The van der Waals surface area contributed by atoms with Gasteiger partial charge in [0.05, 0.1) is 0 Å². The molecule has 0 atom stereocenters. The first-order valence-corrected chi connectivity index (χ1v) is 8.43. The molecule has 0 N–H and O–H groups in total. The summed E-state index contributed by atoms with van der Waals surface area (Å²) in [6, 6.07) is 0. The number of hydrogen-bond donors (Lipinski definition) is 0. The average Bonchev–Trinajstić information content (AvgIpc) is 2.60. The van der Waals surface area contributed by atoms with E-state index >= 15 is 0 Å². The fourth-order valence-electron chi connectivity index (χ4n) is 1.29. The van der Waals surface area contributed by atoms with E-state index in [1.807, 2.05) is 46.7 Å².